The van der Waals surface area contributed by atoms with E-state index in [4.69, 9.17) is 0 Å². The van der Waals surface area contributed by atoms with Gasteiger partial charge in [-0.25, -0.2) is 0 Å². The predicted molar refractivity (Wildman–Crippen MR) is 100 cm³/mol. The van der Waals surface area contributed by atoms with E-state index >= 15 is 0 Å². The van der Waals surface area contributed by atoms with Crippen LogP contribution < -0.4 is 10.2 Å². The van der Waals surface area contributed by atoms with E-state index in [1.807, 2.05) is 6.08 Å². The molecule has 1 fully saturated rings. The Balaban J connectivity index is 2.08. The van der Waals surface area contributed by atoms with Crippen molar-refractivity contribution in [3.63, 3.8) is 0 Å². The first kappa shape index (κ1) is 17.1. The second-order valence-electron chi connectivity index (χ2n) is 7.28. The number of hydrogen-bond acceptors (Lipinski definition) is 4. The SMILES string of the molecule is CCN1c2cc(C)c(/C=C3/SC(=O)NC3=O)cc2[C@@H](C)CC1(C)C. The molecule has 0 unspecified atom stereocenters. The highest BCUT2D eigenvalue weighted by Gasteiger charge is 2.35. The van der Waals surface area contributed by atoms with Gasteiger partial charge in [0.25, 0.3) is 11.1 Å². The molecule has 2 amide bonds. The van der Waals surface area contributed by atoms with E-state index in [1.54, 1.807) is 0 Å². The van der Waals surface area contributed by atoms with E-state index in [1.165, 1.54) is 11.3 Å². The molecule has 2 aliphatic rings. The third kappa shape index (κ3) is 2.86. The molecule has 0 aliphatic carbocycles. The molecule has 0 saturated carbocycles. The van der Waals surface area contributed by atoms with Gasteiger partial charge in [0.15, 0.2) is 0 Å². The molecule has 2 aliphatic heterocycles. The minimum atomic E-state index is -0.300. The highest BCUT2D eigenvalue weighted by molar-refractivity contribution is 8.18. The molecule has 1 atom stereocenters. The lowest BCUT2D eigenvalue weighted by atomic mass is 9.79. The molecule has 0 spiro atoms. The molecule has 4 nitrogen and oxygen atoms in total. The summed E-state index contributed by atoms with van der Waals surface area (Å²) in [6.45, 7) is 12.1. The zero-order chi connectivity index (χ0) is 17.6. The van der Waals surface area contributed by atoms with Crippen LogP contribution in [0.4, 0.5) is 10.5 Å². The lowest BCUT2D eigenvalue weighted by Crippen LogP contribution is -2.48. The van der Waals surface area contributed by atoms with Crippen LogP contribution in [0, 0.1) is 6.92 Å². The van der Waals surface area contributed by atoms with Gasteiger partial charge < -0.3 is 4.90 Å². The molecular formula is C19H24N2O2S. The standard InChI is InChI=1S/C19H24N2O2S/c1-6-21-15-7-11(2)13(9-16-17(22)20-18(23)24-16)8-14(15)12(3)10-19(21,4)5/h7-9,12H,6,10H2,1-5H3,(H,20,22,23)/b16-9+/t12-/m0/s1. The first-order valence-corrected chi connectivity index (χ1v) is 9.21. The first-order chi connectivity index (χ1) is 11.2. The van der Waals surface area contributed by atoms with Gasteiger partial charge in [0.2, 0.25) is 0 Å². The summed E-state index contributed by atoms with van der Waals surface area (Å²) >= 11 is 0.971. The van der Waals surface area contributed by atoms with E-state index in [0.717, 1.165) is 35.9 Å². The summed E-state index contributed by atoms with van der Waals surface area (Å²) in [6, 6.07) is 4.42. The van der Waals surface area contributed by atoms with E-state index in [2.05, 4.69) is 57.0 Å². The van der Waals surface area contributed by atoms with Gasteiger partial charge in [-0.3, -0.25) is 14.9 Å². The molecular weight excluding hydrogens is 320 g/mol. The molecule has 1 saturated heterocycles. The van der Waals surface area contributed by atoms with Gasteiger partial charge in [-0.15, -0.1) is 0 Å². The molecule has 3 rings (SSSR count). The van der Waals surface area contributed by atoms with Crippen molar-refractivity contribution in [2.24, 2.45) is 0 Å². The summed E-state index contributed by atoms with van der Waals surface area (Å²) in [4.78, 5) is 26.1. The lowest BCUT2D eigenvalue weighted by molar-refractivity contribution is -0.115. The Hall–Kier alpha value is -1.75. The van der Waals surface area contributed by atoms with Crippen molar-refractivity contribution < 1.29 is 9.59 Å². The Kier molecular flexibility index (Phi) is 4.24. The van der Waals surface area contributed by atoms with Crippen molar-refractivity contribution in [2.45, 2.75) is 52.5 Å². The molecule has 5 heteroatoms. The van der Waals surface area contributed by atoms with E-state index in [0.29, 0.717) is 10.8 Å². The van der Waals surface area contributed by atoms with Crippen molar-refractivity contribution in [1.82, 2.24) is 5.32 Å². The highest BCUT2D eigenvalue weighted by atomic mass is 32.2. The fourth-order valence-electron chi connectivity index (χ4n) is 3.97. The molecule has 0 bridgehead atoms. The fraction of sp³-hybridized carbons (Fsp3) is 0.474. The number of anilines is 1. The van der Waals surface area contributed by atoms with Crippen LogP contribution in [0.25, 0.3) is 6.08 Å². The number of benzene rings is 1. The van der Waals surface area contributed by atoms with Gasteiger partial charge in [-0.2, -0.15) is 0 Å². The fourth-order valence-corrected chi connectivity index (χ4v) is 4.64. The number of imide groups is 1. The van der Waals surface area contributed by atoms with Crippen molar-refractivity contribution >= 4 is 34.7 Å². The predicted octanol–water partition coefficient (Wildman–Crippen LogP) is 4.43. The maximum atomic E-state index is 11.8. The van der Waals surface area contributed by atoms with Gasteiger partial charge in [0.1, 0.15) is 0 Å². The number of aryl methyl sites for hydroxylation is 1. The number of rotatable bonds is 2. The Morgan fingerprint density at radius 3 is 2.67 bits per heavy atom. The van der Waals surface area contributed by atoms with Gasteiger partial charge in [-0.05, 0) is 86.7 Å². The summed E-state index contributed by atoms with van der Waals surface area (Å²) in [5, 5.41) is 2.02. The Bertz CT molecular complexity index is 752. The normalized spacial score (nSPS) is 24.3. The van der Waals surface area contributed by atoms with Crippen molar-refractivity contribution in [3.05, 3.63) is 33.7 Å². The summed E-state index contributed by atoms with van der Waals surface area (Å²) in [6.07, 6.45) is 2.93. The molecule has 0 radical (unpaired) electrons. The molecule has 1 aromatic rings. The maximum absolute atomic E-state index is 11.8. The van der Waals surface area contributed by atoms with E-state index in [-0.39, 0.29) is 16.7 Å². The molecule has 2 heterocycles. The average Bonchev–Trinajstić information content (AvgIpc) is 2.78. The number of nitrogens with one attached hydrogen (secondary N) is 1. The highest BCUT2D eigenvalue weighted by Crippen LogP contribution is 2.44. The summed E-state index contributed by atoms with van der Waals surface area (Å²) in [5.41, 5.74) is 4.89. The topological polar surface area (TPSA) is 49.4 Å². The zero-order valence-corrected chi connectivity index (χ0v) is 15.7. The molecule has 0 aromatic heterocycles. The lowest BCUT2D eigenvalue weighted by Gasteiger charge is -2.47. The van der Waals surface area contributed by atoms with Crippen LogP contribution in [0.5, 0.6) is 0 Å². The Morgan fingerprint density at radius 2 is 2.08 bits per heavy atom. The summed E-state index contributed by atoms with van der Waals surface area (Å²) < 4.78 is 0. The summed E-state index contributed by atoms with van der Waals surface area (Å²) in [7, 11) is 0. The quantitative estimate of drug-likeness (QED) is 0.806. The van der Waals surface area contributed by atoms with Gasteiger partial charge in [0.05, 0.1) is 4.91 Å². The van der Waals surface area contributed by atoms with Crippen LogP contribution in [0.15, 0.2) is 17.0 Å². The smallest absolute Gasteiger partial charge is 0.290 e. The molecule has 24 heavy (non-hydrogen) atoms. The number of carbonyl (C=O) groups is 2. The zero-order valence-electron chi connectivity index (χ0n) is 14.9. The van der Waals surface area contributed by atoms with Gasteiger partial charge in [0, 0.05) is 17.8 Å². The average molecular weight is 344 g/mol. The van der Waals surface area contributed by atoms with Crippen LogP contribution in [-0.2, 0) is 4.79 Å². The first-order valence-electron chi connectivity index (χ1n) is 8.40. The van der Waals surface area contributed by atoms with Crippen LogP contribution >= 0.6 is 11.8 Å². The van der Waals surface area contributed by atoms with Crippen LogP contribution in [-0.4, -0.2) is 23.2 Å². The number of thioether (sulfide) groups is 1. The summed E-state index contributed by atoms with van der Waals surface area (Å²) in [5.74, 6) is 0.161. The van der Waals surface area contributed by atoms with Gasteiger partial charge >= 0.3 is 0 Å². The van der Waals surface area contributed by atoms with Crippen LogP contribution in [0.1, 0.15) is 56.7 Å². The van der Waals surface area contributed by atoms with E-state index < -0.39 is 0 Å². The molecule has 128 valence electrons. The number of carbonyl (C=O) groups excluding carboxylic acids is 2. The Labute approximate surface area is 147 Å². The Morgan fingerprint density at radius 1 is 1.38 bits per heavy atom. The maximum Gasteiger partial charge on any atom is 0.290 e. The van der Waals surface area contributed by atoms with Crippen molar-refractivity contribution in [2.75, 3.05) is 11.4 Å². The second kappa shape index (κ2) is 5.96. The van der Waals surface area contributed by atoms with Gasteiger partial charge in [-0.1, -0.05) is 6.92 Å². The minimum Gasteiger partial charge on any atom is -0.366 e. The molecule has 1 aromatic carbocycles. The third-order valence-electron chi connectivity index (χ3n) is 5.02. The van der Waals surface area contributed by atoms with E-state index in [9.17, 15) is 9.59 Å². The third-order valence-corrected chi connectivity index (χ3v) is 5.83. The molecule has 1 N–H and O–H groups in total. The van der Waals surface area contributed by atoms with Crippen molar-refractivity contribution in [1.29, 1.82) is 0 Å². The monoisotopic (exact) mass is 344 g/mol. The second-order valence-corrected chi connectivity index (χ2v) is 8.30. The van der Waals surface area contributed by atoms with Crippen LogP contribution in [0.3, 0.4) is 0 Å². The largest absolute Gasteiger partial charge is 0.366 e. The number of hydrogen-bond donors (Lipinski definition) is 1. The minimum absolute atomic E-state index is 0.140. The number of amides is 2. The number of nitrogens with zero attached hydrogens (tertiary/aromatic N) is 1. The number of fused-ring (bicyclic) bond motifs is 1. The van der Waals surface area contributed by atoms with Crippen molar-refractivity contribution in [3.8, 4) is 0 Å². The van der Waals surface area contributed by atoms with Crippen LogP contribution in [0.2, 0.25) is 0 Å².